The number of aromatic amines is 1. The maximum absolute atomic E-state index is 13.3. The number of hydrogen-bond donors (Lipinski definition) is 2. The van der Waals surface area contributed by atoms with Crippen molar-refractivity contribution in [2.24, 2.45) is 0 Å². The number of nitrogens with two attached hydrogens (primary N) is 1. The second-order valence-corrected chi connectivity index (χ2v) is 9.10. The highest BCUT2D eigenvalue weighted by molar-refractivity contribution is 8.00. The highest BCUT2D eigenvalue weighted by atomic mass is 32.2. The van der Waals surface area contributed by atoms with Crippen LogP contribution in [0.3, 0.4) is 0 Å². The normalized spacial score (nSPS) is 11.1. The number of carbonyl (C=O) groups is 1. The zero-order chi connectivity index (χ0) is 23.8. The Morgan fingerprint density at radius 2 is 1.76 bits per heavy atom. The zero-order valence-corrected chi connectivity index (χ0v) is 20.1. The molecule has 3 rings (SSSR count). The van der Waals surface area contributed by atoms with Gasteiger partial charge in [0.25, 0.3) is 5.56 Å². The van der Waals surface area contributed by atoms with Crippen LogP contribution in [0.4, 0.5) is 11.5 Å². The van der Waals surface area contributed by atoms with Crippen LogP contribution < -0.4 is 21.9 Å². The molecule has 0 atom stereocenters. The number of amides is 1. The zero-order valence-electron chi connectivity index (χ0n) is 19.3. The average Bonchev–Trinajstić information content (AvgIpc) is 2.81. The van der Waals surface area contributed by atoms with Gasteiger partial charge in [-0.2, -0.15) is 0 Å². The predicted molar refractivity (Wildman–Crippen MR) is 137 cm³/mol. The number of unbranched alkanes of at least 4 members (excludes halogenated alkanes) is 3. The van der Waals surface area contributed by atoms with Gasteiger partial charge >= 0.3 is 5.69 Å². The van der Waals surface area contributed by atoms with Crippen molar-refractivity contribution in [2.45, 2.75) is 57.4 Å². The first-order valence-electron chi connectivity index (χ1n) is 11.5. The van der Waals surface area contributed by atoms with Gasteiger partial charge in [-0.1, -0.05) is 63.4 Å². The molecule has 0 aliphatic heterocycles. The first kappa shape index (κ1) is 24.6. The molecule has 0 aliphatic carbocycles. The van der Waals surface area contributed by atoms with E-state index in [9.17, 15) is 14.4 Å². The summed E-state index contributed by atoms with van der Waals surface area (Å²) in [5, 5.41) is 2.25. The smallest absolute Gasteiger partial charge is 0.330 e. The van der Waals surface area contributed by atoms with E-state index in [0.29, 0.717) is 13.1 Å². The van der Waals surface area contributed by atoms with Gasteiger partial charge in [-0.25, -0.2) is 4.79 Å². The summed E-state index contributed by atoms with van der Waals surface area (Å²) >= 11 is 1.43. The minimum Gasteiger partial charge on any atom is -0.383 e. The molecule has 0 unspecified atom stereocenters. The van der Waals surface area contributed by atoms with Gasteiger partial charge in [0.05, 0.1) is 5.75 Å². The molecule has 33 heavy (non-hydrogen) atoms. The van der Waals surface area contributed by atoms with Gasteiger partial charge in [-0.3, -0.25) is 19.1 Å². The second kappa shape index (κ2) is 11.7. The fourth-order valence-corrected chi connectivity index (χ4v) is 4.56. The van der Waals surface area contributed by atoms with Crippen molar-refractivity contribution in [2.75, 3.05) is 22.9 Å². The van der Waals surface area contributed by atoms with Gasteiger partial charge in [0.15, 0.2) is 5.69 Å². The molecule has 3 aromatic rings. The number of nitrogens with one attached hydrogen (secondary N) is 1. The average molecular weight is 469 g/mol. The van der Waals surface area contributed by atoms with Crippen LogP contribution in [0.2, 0.25) is 0 Å². The number of benzene rings is 2. The van der Waals surface area contributed by atoms with Crippen LogP contribution in [0.5, 0.6) is 0 Å². The molecule has 0 fully saturated rings. The van der Waals surface area contributed by atoms with E-state index >= 15 is 0 Å². The molecule has 8 heteroatoms. The summed E-state index contributed by atoms with van der Waals surface area (Å²) in [5.41, 5.74) is 5.20. The number of hydrogen-bond acceptors (Lipinski definition) is 5. The maximum atomic E-state index is 13.3. The number of aromatic nitrogens is 2. The number of nitrogen functional groups attached to an aromatic ring is 1. The van der Waals surface area contributed by atoms with Crippen LogP contribution in [0, 0.1) is 0 Å². The molecule has 0 spiro atoms. The van der Waals surface area contributed by atoms with Crippen molar-refractivity contribution in [1.29, 1.82) is 0 Å². The summed E-state index contributed by atoms with van der Waals surface area (Å²) < 4.78 is 1.36. The molecule has 176 valence electrons. The Hall–Kier alpha value is -3.00. The van der Waals surface area contributed by atoms with Gasteiger partial charge in [0.2, 0.25) is 5.91 Å². The Bertz CT molecular complexity index is 1220. The lowest BCUT2D eigenvalue weighted by molar-refractivity contribution is -0.116. The first-order chi connectivity index (χ1) is 16.0. The lowest BCUT2D eigenvalue weighted by Crippen LogP contribution is -2.42. The summed E-state index contributed by atoms with van der Waals surface area (Å²) in [7, 11) is 0. The second-order valence-electron chi connectivity index (χ2n) is 8.05. The van der Waals surface area contributed by atoms with Gasteiger partial charge in [-0.15, -0.1) is 11.8 Å². The molecule has 1 aromatic heterocycles. The lowest BCUT2D eigenvalue weighted by Gasteiger charge is -2.24. The van der Waals surface area contributed by atoms with Crippen molar-refractivity contribution in [3.05, 3.63) is 63.3 Å². The van der Waals surface area contributed by atoms with Crippen molar-refractivity contribution in [3.63, 3.8) is 0 Å². The molecule has 1 heterocycles. The van der Waals surface area contributed by atoms with E-state index in [2.05, 4.69) is 18.0 Å². The number of H-pyrrole nitrogens is 1. The molecule has 0 aliphatic rings. The minimum absolute atomic E-state index is 0.0535. The highest BCUT2D eigenvalue weighted by Crippen LogP contribution is 2.25. The van der Waals surface area contributed by atoms with Crippen molar-refractivity contribution < 1.29 is 4.79 Å². The fourth-order valence-electron chi connectivity index (χ4n) is 3.74. The third kappa shape index (κ3) is 6.07. The standard InChI is InChI=1S/C25H32N4O3S/c1-3-5-9-15-28(22-23(26)29(14-6-4-2)25(32)27-24(22)31)21(30)17-33-20-13-12-18-10-7-8-11-19(18)16-20/h7-8,10-13,16H,3-6,9,14-15,17,26H2,1-2H3,(H,27,31,32). The van der Waals surface area contributed by atoms with Crippen LogP contribution in [-0.4, -0.2) is 27.8 Å². The van der Waals surface area contributed by atoms with Crippen molar-refractivity contribution >= 4 is 39.9 Å². The maximum Gasteiger partial charge on any atom is 0.330 e. The minimum atomic E-state index is -0.620. The number of anilines is 2. The van der Waals surface area contributed by atoms with Crippen LogP contribution in [-0.2, 0) is 11.3 Å². The van der Waals surface area contributed by atoms with Gasteiger partial charge < -0.3 is 10.6 Å². The molecule has 0 radical (unpaired) electrons. The Morgan fingerprint density at radius 3 is 2.48 bits per heavy atom. The number of thioether (sulfide) groups is 1. The molecule has 7 nitrogen and oxygen atoms in total. The van der Waals surface area contributed by atoms with Crippen LogP contribution >= 0.6 is 11.8 Å². The molecule has 2 aromatic carbocycles. The molecular weight excluding hydrogens is 436 g/mol. The van der Waals surface area contributed by atoms with E-state index < -0.39 is 11.2 Å². The van der Waals surface area contributed by atoms with E-state index in [1.54, 1.807) is 0 Å². The monoisotopic (exact) mass is 468 g/mol. The van der Waals surface area contributed by atoms with Gasteiger partial charge in [0.1, 0.15) is 5.82 Å². The molecule has 0 saturated carbocycles. The Labute approximate surface area is 198 Å². The van der Waals surface area contributed by atoms with E-state index in [0.717, 1.165) is 47.8 Å². The predicted octanol–water partition coefficient (Wildman–Crippen LogP) is 4.39. The fraction of sp³-hybridized carbons (Fsp3) is 0.400. The van der Waals surface area contributed by atoms with Crippen molar-refractivity contribution in [1.82, 2.24) is 9.55 Å². The summed E-state index contributed by atoms with van der Waals surface area (Å²) in [6, 6.07) is 14.2. The van der Waals surface area contributed by atoms with Crippen LogP contribution in [0.15, 0.2) is 56.9 Å². The quantitative estimate of drug-likeness (QED) is 0.321. The molecule has 1 amide bonds. The lowest BCUT2D eigenvalue weighted by atomic mass is 10.1. The van der Waals surface area contributed by atoms with E-state index in [-0.39, 0.29) is 23.2 Å². The number of nitrogens with zero attached hydrogens (tertiary/aromatic N) is 2. The first-order valence-corrected chi connectivity index (χ1v) is 12.5. The molecule has 3 N–H and O–H groups in total. The SMILES string of the molecule is CCCCCN(C(=O)CSc1ccc2ccccc2c1)c1c(N)n(CCCC)c(=O)[nH]c1=O. The number of carbonyl (C=O) groups excluding carboxylic acids is 1. The van der Waals surface area contributed by atoms with E-state index in [1.165, 1.54) is 21.2 Å². The Morgan fingerprint density at radius 1 is 1.03 bits per heavy atom. The van der Waals surface area contributed by atoms with Crippen LogP contribution in [0.25, 0.3) is 10.8 Å². The third-order valence-electron chi connectivity index (χ3n) is 5.59. The summed E-state index contributed by atoms with van der Waals surface area (Å²) in [6.45, 7) is 4.87. The Balaban J connectivity index is 1.87. The summed E-state index contributed by atoms with van der Waals surface area (Å²) in [6.07, 6.45) is 4.28. The summed E-state index contributed by atoms with van der Waals surface area (Å²) in [4.78, 5) is 43.1. The number of rotatable bonds is 11. The van der Waals surface area contributed by atoms with Gasteiger partial charge in [0, 0.05) is 18.0 Å². The van der Waals surface area contributed by atoms with Gasteiger partial charge in [-0.05, 0) is 35.7 Å². The largest absolute Gasteiger partial charge is 0.383 e. The topological polar surface area (TPSA) is 101 Å². The third-order valence-corrected chi connectivity index (χ3v) is 6.57. The van der Waals surface area contributed by atoms with Crippen LogP contribution in [0.1, 0.15) is 46.0 Å². The Kier molecular flexibility index (Phi) is 8.77. The van der Waals surface area contributed by atoms with E-state index in [1.807, 2.05) is 43.3 Å². The van der Waals surface area contributed by atoms with E-state index in [4.69, 9.17) is 5.73 Å². The summed E-state index contributed by atoms with van der Waals surface area (Å²) in [5.74, 6) is 0.0113. The highest BCUT2D eigenvalue weighted by Gasteiger charge is 2.24. The van der Waals surface area contributed by atoms with Crippen molar-refractivity contribution in [3.8, 4) is 0 Å². The number of fused-ring (bicyclic) bond motifs is 1. The molecule has 0 bridgehead atoms. The molecular formula is C25H32N4O3S. The molecule has 0 saturated heterocycles.